The number of nitrogens with one attached hydrogen (secondary N) is 1. The van der Waals surface area contributed by atoms with E-state index in [9.17, 15) is 22.4 Å². The van der Waals surface area contributed by atoms with Crippen molar-refractivity contribution in [3.63, 3.8) is 0 Å². The Labute approximate surface area is 175 Å². The molecule has 0 spiro atoms. The van der Waals surface area contributed by atoms with Gasteiger partial charge in [0, 0.05) is 48.6 Å². The molecule has 0 radical (unpaired) electrons. The second kappa shape index (κ2) is 7.92. The highest BCUT2D eigenvalue weighted by molar-refractivity contribution is 6.31. The Morgan fingerprint density at radius 2 is 1.77 bits per heavy atom. The first kappa shape index (κ1) is 20.7. The monoisotopic (exact) mass is 439 g/mol. The van der Waals surface area contributed by atoms with E-state index in [1.807, 2.05) is 11.0 Å². The summed E-state index contributed by atoms with van der Waals surface area (Å²) in [4.78, 5) is 19.5. The predicted octanol–water partition coefficient (Wildman–Crippen LogP) is 4.94. The van der Waals surface area contributed by atoms with Gasteiger partial charge in [0.25, 0.3) is 5.91 Å². The number of halogens is 5. The van der Waals surface area contributed by atoms with Crippen LogP contribution in [0.4, 0.5) is 17.6 Å². The minimum absolute atomic E-state index is 0.136. The Kier molecular flexibility index (Phi) is 5.46. The van der Waals surface area contributed by atoms with Gasteiger partial charge in [-0.1, -0.05) is 17.7 Å². The third kappa shape index (κ3) is 4.29. The second-order valence-corrected chi connectivity index (χ2v) is 7.73. The molecular formula is C21H18ClF4N3O. The largest absolute Gasteiger partial charge is 0.419 e. The third-order valence-corrected chi connectivity index (χ3v) is 5.45. The molecule has 30 heavy (non-hydrogen) atoms. The molecule has 1 aliphatic heterocycles. The average molecular weight is 440 g/mol. The fraction of sp³-hybridized carbons (Fsp3) is 0.286. The number of nitrogens with zero attached hydrogens (tertiary/aromatic N) is 2. The van der Waals surface area contributed by atoms with Crippen LogP contribution in [0.25, 0.3) is 10.9 Å². The molecule has 4 nitrogen and oxygen atoms in total. The van der Waals surface area contributed by atoms with Crippen LogP contribution in [-0.2, 0) is 12.7 Å². The van der Waals surface area contributed by atoms with Crippen LogP contribution in [0.5, 0.6) is 0 Å². The first-order valence-electron chi connectivity index (χ1n) is 9.36. The van der Waals surface area contributed by atoms with E-state index in [0.29, 0.717) is 42.5 Å². The van der Waals surface area contributed by atoms with Crippen molar-refractivity contribution in [2.24, 2.45) is 0 Å². The average Bonchev–Trinajstić information content (AvgIpc) is 3.12. The zero-order valence-corrected chi connectivity index (χ0v) is 16.5. The molecule has 0 atom stereocenters. The molecule has 158 valence electrons. The molecule has 3 aromatic rings. The zero-order valence-electron chi connectivity index (χ0n) is 15.8. The van der Waals surface area contributed by atoms with E-state index in [4.69, 9.17) is 11.6 Å². The quantitative estimate of drug-likeness (QED) is 0.587. The van der Waals surface area contributed by atoms with Gasteiger partial charge in [0.05, 0.1) is 5.56 Å². The maximum atomic E-state index is 13.5. The number of hydrogen-bond donors (Lipinski definition) is 1. The van der Waals surface area contributed by atoms with Gasteiger partial charge in [0.1, 0.15) is 11.5 Å². The van der Waals surface area contributed by atoms with E-state index in [0.717, 1.165) is 23.0 Å². The maximum Gasteiger partial charge on any atom is 0.419 e. The summed E-state index contributed by atoms with van der Waals surface area (Å²) in [7, 11) is 0. The number of aromatic amines is 1. The Hall–Kier alpha value is -2.58. The molecule has 1 amide bonds. The van der Waals surface area contributed by atoms with Crippen LogP contribution in [0.15, 0.2) is 42.5 Å². The molecule has 9 heteroatoms. The first-order chi connectivity index (χ1) is 14.2. The molecule has 1 fully saturated rings. The van der Waals surface area contributed by atoms with E-state index < -0.39 is 17.6 Å². The molecule has 1 saturated heterocycles. The molecular weight excluding hydrogens is 422 g/mol. The SMILES string of the molecule is O=C(c1cc2cc(Cl)ccc2[nH]1)N1CCN(Cc2ccc(F)c(C(F)(F)F)c2)CC1. The van der Waals surface area contributed by atoms with Crippen LogP contribution in [0.3, 0.4) is 0 Å². The van der Waals surface area contributed by atoms with Crippen molar-refractivity contribution in [3.8, 4) is 0 Å². The number of piperazine rings is 1. The number of benzene rings is 2. The van der Waals surface area contributed by atoms with E-state index in [1.165, 1.54) is 6.07 Å². The standard InChI is InChI=1S/C21H18ClF4N3O/c22-15-2-4-18-14(10-15)11-19(27-18)20(30)29-7-5-28(6-8-29)12-13-1-3-17(23)16(9-13)21(24,25)26/h1-4,9-11,27H,5-8,12H2. The first-order valence-corrected chi connectivity index (χ1v) is 9.74. The van der Waals surface area contributed by atoms with Gasteiger partial charge in [-0.3, -0.25) is 9.69 Å². The molecule has 1 aromatic heterocycles. The predicted molar refractivity (Wildman–Crippen MR) is 106 cm³/mol. The smallest absolute Gasteiger partial charge is 0.351 e. The summed E-state index contributed by atoms with van der Waals surface area (Å²) in [6.45, 7) is 2.17. The van der Waals surface area contributed by atoms with Crippen LogP contribution < -0.4 is 0 Å². The van der Waals surface area contributed by atoms with Crippen LogP contribution in [0.2, 0.25) is 5.02 Å². The highest BCUT2D eigenvalue weighted by Gasteiger charge is 2.34. The van der Waals surface area contributed by atoms with Crippen molar-refractivity contribution in [1.82, 2.24) is 14.8 Å². The summed E-state index contributed by atoms with van der Waals surface area (Å²) in [5.74, 6) is -1.41. The molecule has 1 N–H and O–H groups in total. The third-order valence-electron chi connectivity index (χ3n) is 5.22. The highest BCUT2D eigenvalue weighted by atomic mass is 35.5. The van der Waals surface area contributed by atoms with E-state index >= 15 is 0 Å². The van der Waals surface area contributed by atoms with Crippen LogP contribution >= 0.6 is 11.6 Å². The molecule has 0 bridgehead atoms. The van der Waals surface area contributed by atoms with Gasteiger partial charge in [0.2, 0.25) is 0 Å². The minimum Gasteiger partial charge on any atom is -0.351 e. The number of carbonyl (C=O) groups excluding carboxylic acids is 1. The van der Waals surface area contributed by atoms with Crippen molar-refractivity contribution in [1.29, 1.82) is 0 Å². The topological polar surface area (TPSA) is 39.3 Å². The summed E-state index contributed by atoms with van der Waals surface area (Å²) >= 11 is 5.98. The Morgan fingerprint density at radius 1 is 1.03 bits per heavy atom. The fourth-order valence-electron chi connectivity index (χ4n) is 3.64. The van der Waals surface area contributed by atoms with Crippen molar-refractivity contribution < 1.29 is 22.4 Å². The Bertz CT molecular complexity index is 1090. The number of carbonyl (C=O) groups is 1. The van der Waals surface area contributed by atoms with Crippen LogP contribution in [0, 0.1) is 5.82 Å². The van der Waals surface area contributed by atoms with Gasteiger partial charge >= 0.3 is 6.18 Å². The number of alkyl halides is 3. The van der Waals surface area contributed by atoms with E-state index in [1.54, 1.807) is 23.1 Å². The van der Waals surface area contributed by atoms with Gasteiger partial charge in [-0.05, 0) is 42.0 Å². The maximum absolute atomic E-state index is 13.5. The summed E-state index contributed by atoms with van der Waals surface area (Å²) in [5, 5.41) is 1.44. The number of amides is 1. The van der Waals surface area contributed by atoms with Crippen molar-refractivity contribution >= 4 is 28.4 Å². The number of rotatable bonds is 3. The van der Waals surface area contributed by atoms with Gasteiger partial charge in [-0.15, -0.1) is 0 Å². The lowest BCUT2D eigenvalue weighted by atomic mass is 10.1. The molecule has 0 aliphatic carbocycles. The molecule has 4 rings (SSSR count). The van der Waals surface area contributed by atoms with Gasteiger partial charge in [-0.2, -0.15) is 13.2 Å². The van der Waals surface area contributed by atoms with E-state index in [-0.39, 0.29) is 12.5 Å². The van der Waals surface area contributed by atoms with Gasteiger partial charge in [0.15, 0.2) is 0 Å². The lowest BCUT2D eigenvalue weighted by molar-refractivity contribution is -0.140. The van der Waals surface area contributed by atoms with Crippen molar-refractivity contribution in [3.05, 3.63) is 70.1 Å². The summed E-state index contributed by atoms with van der Waals surface area (Å²) in [5.41, 5.74) is 0.413. The molecule has 2 heterocycles. The van der Waals surface area contributed by atoms with Gasteiger partial charge < -0.3 is 9.88 Å². The van der Waals surface area contributed by atoms with Crippen molar-refractivity contribution in [2.45, 2.75) is 12.7 Å². The zero-order chi connectivity index (χ0) is 21.5. The number of fused-ring (bicyclic) bond motifs is 1. The lowest BCUT2D eigenvalue weighted by Crippen LogP contribution is -2.48. The highest BCUT2D eigenvalue weighted by Crippen LogP contribution is 2.32. The minimum atomic E-state index is -4.73. The Balaban J connectivity index is 1.39. The number of H-pyrrole nitrogens is 1. The second-order valence-electron chi connectivity index (χ2n) is 7.29. The van der Waals surface area contributed by atoms with Crippen LogP contribution in [-0.4, -0.2) is 46.9 Å². The molecule has 2 aromatic carbocycles. The number of hydrogen-bond acceptors (Lipinski definition) is 2. The molecule has 1 aliphatic rings. The van der Waals surface area contributed by atoms with Gasteiger partial charge in [-0.25, -0.2) is 4.39 Å². The summed E-state index contributed by atoms with van der Waals surface area (Å²) in [6, 6.07) is 10.1. The fourth-order valence-corrected chi connectivity index (χ4v) is 3.82. The lowest BCUT2D eigenvalue weighted by Gasteiger charge is -2.34. The normalized spacial score (nSPS) is 15.7. The van der Waals surface area contributed by atoms with Crippen molar-refractivity contribution in [2.75, 3.05) is 26.2 Å². The Morgan fingerprint density at radius 3 is 2.47 bits per heavy atom. The van der Waals surface area contributed by atoms with E-state index in [2.05, 4.69) is 4.98 Å². The molecule has 0 saturated carbocycles. The number of aromatic nitrogens is 1. The summed E-state index contributed by atoms with van der Waals surface area (Å²) in [6.07, 6.45) is -4.73. The molecule has 0 unspecified atom stereocenters. The summed E-state index contributed by atoms with van der Waals surface area (Å²) < 4.78 is 52.2. The van der Waals surface area contributed by atoms with Crippen LogP contribution in [0.1, 0.15) is 21.6 Å².